The van der Waals surface area contributed by atoms with Gasteiger partial charge in [-0.15, -0.1) is 5.92 Å². The normalized spacial score (nSPS) is 9.14. The van der Waals surface area contributed by atoms with E-state index in [1.165, 1.54) is 12.1 Å². The van der Waals surface area contributed by atoms with Gasteiger partial charge in [0.25, 0.3) is 0 Å². The Labute approximate surface area is 92.2 Å². The van der Waals surface area contributed by atoms with Crippen LogP contribution in [0.1, 0.15) is 6.92 Å². The van der Waals surface area contributed by atoms with Gasteiger partial charge in [0, 0.05) is 0 Å². The third-order valence-corrected chi connectivity index (χ3v) is 2.13. The molecule has 0 amide bonds. The van der Waals surface area contributed by atoms with Crippen molar-refractivity contribution in [3.8, 4) is 11.8 Å². The minimum Gasteiger partial charge on any atom is -0.372 e. The van der Waals surface area contributed by atoms with Gasteiger partial charge in [-0.1, -0.05) is 29.1 Å². The molecule has 0 radical (unpaired) electrons. The lowest BCUT2D eigenvalue weighted by Crippen LogP contribution is -2.00. The molecule has 0 fully saturated rings. The summed E-state index contributed by atoms with van der Waals surface area (Å²) in [4.78, 5) is 0. The largest absolute Gasteiger partial charge is 0.372 e. The third-order valence-electron chi connectivity index (χ3n) is 1.54. The van der Waals surface area contributed by atoms with E-state index in [9.17, 15) is 4.39 Å². The number of halogens is 3. The first-order valence-corrected chi connectivity index (χ1v) is 4.68. The average molecular weight is 232 g/mol. The smallest absolute Gasteiger partial charge is 0.126 e. The number of rotatable bonds is 2. The van der Waals surface area contributed by atoms with Gasteiger partial charge in [-0.2, -0.15) is 0 Å². The first-order valence-electron chi connectivity index (χ1n) is 3.93. The topological polar surface area (TPSA) is 12.0 Å². The Morgan fingerprint density at radius 2 is 1.93 bits per heavy atom. The molecule has 0 aliphatic rings. The minimum atomic E-state index is -0.452. The van der Waals surface area contributed by atoms with E-state index in [1.54, 1.807) is 6.92 Å². The summed E-state index contributed by atoms with van der Waals surface area (Å²) in [6, 6.07) is 2.41. The molecular weight excluding hydrogens is 224 g/mol. The lowest BCUT2D eigenvalue weighted by atomic mass is 10.3. The molecule has 0 saturated heterocycles. The van der Waals surface area contributed by atoms with Crippen molar-refractivity contribution in [2.75, 3.05) is 11.9 Å². The Morgan fingerprint density at radius 1 is 1.36 bits per heavy atom. The maximum Gasteiger partial charge on any atom is 0.126 e. The highest BCUT2D eigenvalue weighted by molar-refractivity contribution is 6.39. The Morgan fingerprint density at radius 3 is 2.43 bits per heavy atom. The molecule has 1 aromatic carbocycles. The summed E-state index contributed by atoms with van der Waals surface area (Å²) < 4.78 is 12.8. The molecule has 1 rings (SSSR count). The summed E-state index contributed by atoms with van der Waals surface area (Å²) in [7, 11) is 0. The second-order valence-electron chi connectivity index (χ2n) is 2.52. The van der Waals surface area contributed by atoms with E-state index in [4.69, 9.17) is 23.2 Å². The van der Waals surface area contributed by atoms with Crippen LogP contribution in [0.25, 0.3) is 0 Å². The molecule has 14 heavy (non-hydrogen) atoms. The van der Waals surface area contributed by atoms with Gasteiger partial charge >= 0.3 is 0 Å². The van der Waals surface area contributed by atoms with Crippen molar-refractivity contribution >= 4 is 28.9 Å². The third kappa shape index (κ3) is 2.80. The first kappa shape index (κ1) is 11.2. The zero-order valence-corrected chi connectivity index (χ0v) is 9.01. The molecule has 1 N–H and O–H groups in total. The van der Waals surface area contributed by atoms with Crippen LogP contribution in [0.4, 0.5) is 10.1 Å². The van der Waals surface area contributed by atoms with E-state index in [-0.39, 0.29) is 10.0 Å². The van der Waals surface area contributed by atoms with Crippen molar-refractivity contribution in [2.24, 2.45) is 0 Å². The number of hydrogen-bond acceptors (Lipinski definition) is 1. The van der Waals surface area contributed by atoms with Gasteiger partial charge in [0.05, 0.1) is 22.3 Å². The predicted octanol–water partition coefficient (Wildman–Crippen LogP) is 3.57. The Hall–Kier alpha value is -0.910. The summed E-state index contributed by atoms with van der Waals surface area (Å²) in [6.45, 7) is 2.16. The van der Waals surface area contributed by atoms with Crippen LogP contribution in [0.2, 0.25) is 10.0 Å². The predicted molar refractivity (Wildman–Crippen MR) is 58.4 cm³/mol. The molecule has 0 aromatic heterocycles. The van der Waals surface area contributed by atoms with Crippen LogP contribution in [0.5, 0.6) is 0 Å². The van der Waals surface area contributed by atoms with Gasteiger partial charge in [-0.3, -0.25) is 0 Å². The van der Waals surface area contributed by atoms with Gasteiger partial charge < -0.3 is 5.32 Å². The average Bonchev–Trinajstić information content (AvgIpc) is 2.09. The maximum atomic E-state index is 12.8. The van der Waals surface area contributed by atoms with Gasteiger partial charge in [0.15, 0.2) is 0 Å². The van der Waals surface area contributed by atoms with Crippen LogP contribution in [0.3, 0.4) is 0 Å². The van der Waals surface area contributed by atoms with Crippen LogP contribution in [0, 0.1) is 17.7 Å². The highest BCUT2D eigenvalue weighted by Crippen LogP contribution is 2.30. The molecule has 1 aromatic rings. The van der Waals surface area contributed by atoms with Gasteiger partial charge in [0.2, 0.25) is 0 Å². The summed E-state index contributed by atoms with van der Waals surface area (Å²) in [6.07, 6.45) is 0. The Balaban J connectivity index is 2.89. The number of nitrogens with one attached hydrogen (secondary N) is 1. The molecule has 74 valence electrons. The molecule has 0 saturated carbocycles. The van der Waals surface area contributed by atoms with E-state index in [0.717, 1.165) is 0 Å². The molecule has 0 spiro atoms. The van der Waals surface area contributed by atoms with Crippen molar-refractivity contribution in [3.05, 3.63) is 28.0 Å². The lowest BCUT2D eigenvalue weighted by Gasteiger charge is -2.07. The number of anilines is 1. The molecule has 0 aliphatic heterocycles. The first-order chi connectivity index (χ1) is 6.65. The van der Waals surface area contributed by atoms with Crippen molar-refractivity contribution in [2.45, 2.75) is 6.92 Å². The van der Waals surface area contributed by atoms with E-state index in [1.807, 2.05) is 0 Å². The molecule has 0 heterocycles. The van der Waals surface area contributed by atoms with E-state index < -0.39 is 5.82 Å². The van der Waals surface area contributed by atoms with Crippen molar-refractivity contribution < 1.29 is 4.39 Å². The van der Waals surface area contributed by atoms with E-state index >= 15 is 0 Å². The SMILES string of the molecule is CC#CCNc1c(Cl)cc(F)cc1Cl. The van der Waals surface area contributed by atoms with Crippen molar-refractivity contribution in [3.63, 3.8) is 0 Å². The quantitative estimate of drug-likeness (QED) is 0.768. The Bertz CT molecular complexity index is 370. The summed E-state index contributed by atoms with van der Waals surface area (Å²) in [5, 5.41) is 3.42. The monoisotopic (exact) mass is 231 g/mol. The van der Waals surface area contributed by atoms with Crippen LogP contribution in [0.15, 0.2) is 12.1 Å². The van der Waals surface area contributed by atoms with Gasteiger partial charge in [0.1, 0.15) is 5.82 Å². The summed E-state index contributed by atoms with van der Waals surface area (Å²) in [5.41, 5.74) is 0.512. The van der Waals surface area contributed by atoms with Crippen LogP contribution >= 0.6 is 23.2 Å². The number of hydrogen-bond donors (Lipinski definition) is 1. The van der Waals surface area contributed by atoms with E-state index in [2.05, 4.69) is 17.2 Å². The minimum absolute atomic E-state index is 0.257. The summed E-state index contributed by atoms with van der Waals surface area (Å²) >= 11 is 11.6. The van der Waals surface area contributed by atoms with Crippen LogP contribution in [-0.2, 0) is 0 Å². The fourth-order valence-electron chi connectivity index (χ4n) is 0.932. The zero-order chi connectivity index (χ0) is 10.6. The highest BCUT2D eigenvalue weighted by Gasteiger charge is 2.06. The molecule has 1 nitrogen and oxygen atoms in total. The fraction of sp³-hybridized carbons (Fsp3) is 0.200. The van der Waals surface area contributed by atoms with Gasteiger partial charge in [-0.05, 0) is 19.1 Å². The van der Waals surface area contributed by atoms with Crippen molar-refractivity contribution in [1.82, 2.24) is 0 Å². The zero-order valence-electron chi connectivity index (χ0n) is 7.50. The molecule has 0 atom stereocenters. The Kier molecular flexibility index (Phi) is 4.06. The second-order valence-corrected chi connectivity index (χ2v) is 3.34. The standard InChI is InChI=1S/C10H8Cl2FN/c1-2-3-4-14-10-8(11)5-7(13)6-9(10)12/h5-6,14H,4H2,1H3. The van der Waals surface area contributed by atoms with E-state index in [0.29, 0.717) is 12.2 Å². The molecule has 0 aliphatic carbocycles. The maximum absolute atomic E-state index is 12.8. The van der Waals surface area contributed by atoms with Gasteiger partial charge in [-0.25, -0.2) is 4.39 Å². The summed E-state index contributed by atoms with van der Waals surface area (Å²) in [5.74, 6) is 5.06. The molecule has 0 unspecified atom stereocenters. The molecule has 0 bridgehead atoms. The fourth-order valence-corrected chi connectivity index (χ4v) is 1.53. The van der Waals surface area contributed by atoms with Crippen molar-refractivity contribution in [1.29, 1.82) is 0 Å². The highest BCUT2D eigenvalue weighted by atomic mass is 35.5. The van der Waals surface area contributed by atoms with Crippen LogP contribution in [-0.4, -0.2) is 6.54 Å². The molecular formula is C10H8Cl2FN. The van der Waals surface area contributed by atoms with Crippen LogP contribution < -0.4 is 5.32 Å². The second kappa shape index (κ2) is 5.09. The lowest BCUT2D eigenvalue weighted by molar-refractivity contribution is 0.628. The molecule has 4 heteroatoms. The number of benzene rings is 1.